The second-order valence-electron chi connectivity index (χ2n) is 7.71. The van der Waals surface area contributed by atoms with Gasteiger partial charge in [-0.1, -0.05) is 78.9 Å². The molecule has 156 valence electrons. The van der Waals surface area contributed by atoms with E-state index in [2.05, 4.69) is 22.4 Å². The minimum absolute atomic E-state index is 0.00576. The number of para-hydroxylation sites is 1. The quantitative estimate of drug-likeness (QED) is 0.496. The van der Waals surface area contributed by atoms with Crippen molar-refractivity contribution in [3.05, 3.63) is 101 Å². The number of hydrogen-bond acceptors (Lipinski definition) is 3. The Labute approximate surface area is 181 Å². The number of benzene rings is 3. The van der Waals surface area contributed by atoms with Crippen LogP contribution in [0.15, 0.2) is 89.7 Å². The number of nitrogens with one attached hydrogen (secondary N) is 1. The molecule has 0 aliphatic heterocycles. The topological polar surface area (TPSA) is 64.0 Å². The molecule has 1 heterocycles. The predicted molar refractivity (Wildman–Crippen MR) is 124 cm³/mol. The molecular weight excluding hydrogens is 386 g/mol. The normalized spacial score (nSPS) is 11.9. The minimum atomic E-state index is -0.426. The van der Waals surface area contributed by atoms with Crippen molar-refractivity contribution in [2.45, 2.75) is 32.4 Å². The Balaban J connectivity index is 1.52. The van der Waals surface area contributed by atoms with Crippen LogP contribution in [-0.2, 0) is 17.8 Å². The fraction of sp³-hybridized carbons (Fsp3) is 0.192. The van der Waals surface area contributed by atoms with Crippen molar-refractivity contribution in [3.8, 4) is 11.3 Å². The van der Waals surface area contributed by atoms with E-state index in [0.29, 0.717) is 11.2 Å². The van der Waals surface area contributed by atoms with E-state index < -0.39 is 5.69 Å². The molecule has 0 saturated carbocycles. The van der Waals surface area contributed by atoms with E-state index in [0.717, 1.165) is 23.8 Å². The second kappa shape index (κ2) is 9.39. The smallest absolute Gasteiger partial charge is 0.349 e. The summed E-state index contributed by atoms with van der Waals surface area (Å²) in [4.78, 5) is 29.8. The average Bonchev–Trinajstić information content (AvgIpc) is 2.80. The molecule has 4 aromatic rings. The number of nitrogens with zero attached hydrogens (tertiary/aromatic N) is 2. The highest BCUT2D eigenvalue weighted by Crippen LogP contribution is 2.24. The summed E-state index contributed by atoms with van der Waals surface area (Å²) >= 11 is 0. The van der Waals surface area contributed by atoms with E-state index in [9.17, 15) is 9.59 Å². The Morgan fingerprint density at radius 1 is 0.935 bits per heavy atom. The molecule has 31 heavy (non-hydrogen) atoms. The van der Waals surface area contributed by atoms with Crippen molar-refractivity contribution in [2.24, 2.45) is 0 Å². The van der Waals surface area contributed by atoms with Crippen molar-refractivity contribution in [3.63, 3.8) is 0 Å². The Bertz CT molecular complexity index is 1230. The Kier molecular flexibility index (Phi) is 6.22. The maximum atomic E-state index is 12.8. The first-order valence-electron chi connectivity index (χ1n) is 10.5. The number of hydrogen-bond donors (Lipinski definition) is 1. The molecule has 3 aromatic carbocycles. The van der Waals surface area contributed by atoms with E-state index in [1.165, 1.54) is 10.1 Å². The highest BCUT2D eigenvalue weighted by molar-refractivity contribution is 5.93. The standard InChI is InChI=1S/C26H25N3O2/c1-19(16-17-20-10-4-2-5-11-20)27-24(30)18-29-23-15-9-8-14-22(23)25(28-26(29)31)21-12-6-3-7-13-21/h2-15,19H,16-18H2,1H3,(H,27,30)/t19-/m0/s1. The summed E-state index contributed by atoms with van der Waals surface area (Å²) in [5, 5.41) is 3.86. The van der Waals surface area contributed by atoms with E-state index in [-0.39, 0.29) is 18.5 Å². The molecule has 0 bridgehead atoms. The zero-order valence-corrected chi connectivity index (χ0v) is 17.5. The first-order chi connectivity index (χ1) is 15.1. The van der Waals surface area contributed by atoms with Crippen LogP contribution in [0.5, 0.6) is 0 Å². The summed E-state index contributed by atoms with van der Waals surface area (Å²) in [6.07, 6.45) is 1.72. The monoisotopic (exact) mass is 411 g/mol. The Morgan fingerprint density at radius 2 is 1.58 bits per heavy atom. The number of fused-ring (bicyclic) bond motifs is 1. The largest absolute Gasteiger partial charge is 0.352 e. The molecule has 0 aliphatic carbocycles. The lowest BCUT2D eigenvalue weighted by Gasteiger charge is -2.16. The van der Waals surface area contributed by atoms with E-state index in [1.54, 1.807) is 0 Å². The average molecular weight is 412 g/mol. The molecule has 0 radical (unpaired) electrons. The predicted octanol–water partition coefficient (Wildman–Crippen LogP) is 4.20. The van der Waals surface area contributed by atoms with Gasteiger partial charge in [0.05, 0.1) is 11.2 Å². The van der Waals surface area contributed by atoms with Gasteiger partial charge in [-0.15, -0.1) is 0 Å². The molecule has 1 aromatic heterocycles. The first kappa shape index (κ1) is 20.5. The van der Waals surface area contributed by atoms with E-state index in [1.807, 2.05) is 79.7 Å². The van der Waals surface area contributed by atoms with Gasteiger partial charge in [-0.25, -0.2) is 4.79 Å². The number of aryl methyl sites for hydroxylation is 1. The van der Waals surface area contributed by atoms with Gasteiger partial charge in [-0.2, -0.15) is 4.98 Å². The van der Waals surface area contributed by atoms with Crippen LogP contribution in [0.1, 0.15) is 18.9 Å². The van der Waals surface area contributed by atoms with E-state index >= 15 is 0 Å². The van der Waals surface area contributed by atoms with Gasteiger partial charge in [-0.3, -0.25) is 9.36 Å². The van der Waals surface area contributed by atoms with Crippen molar-refractivity contribution in [1.82, 2.24) is 14.9 Å². The van der Waals surface area contributed by atoms with E-state index in [4.69, 9.17) is 0 Å². The summed E-state index contributed by atoms with van der Waals surface area (Å²) in [7, 11) is 0. The third kappa shape index (κ3) is 4.89. The van der Waals surface area contributed by atoms with Crippen molar-refractivity contribution in [2.75, 3.05) is 0 Å². The SMILES string of the molecule is C[C@@H](CCc1ccccc1)NC(=O)Cn1c(=O)nc(-c2ccccc2)c2ccccc21. The van der Waals surface area contributed by atoms with Crippen molar-refractivity contribution >= 4 is 16.8 Å². The molecule has 0 saturated heterocycles. The van der Waals surface area contributed by atoms with Crippen LogP contribution < -0.4 is 11.0 Å². The summed E-state index contributed by atoms with van der Waals surface area (Å²) in [6.45, 7) is 1.93. The van der Waals surface area contributed by atoms with Gasteiger partial charge < -0.3 is 5.32 Å². The number of amides is 1. The molecule has 1 N–H and O–H groups in total. The van der Waals surface area contributed by atoms with Gasteiger partial charge in [-0.05, 0) is 31.4 Å². The van der Waals surface area contributed by atoms with Gasteiger partial charge in [0.15, 0.2) is 0 Å². The number of rotatable bonds is 7. The fourth-order valence-electron chi connectivity index (χ4n) is 3.76. The second-order valence-corrected chi connectivity index (χ2v) is 7.71. The highest BCUT2D eigenvalue weighted by atomic mass is 16.2. The van der Waals surface area contributed by atoms with Crippen LogP contribution in [-0.4, -0.2) is 21.5 Å². The minimum Gasteiger partial charge on any atom is -0.352 e. The Morgan fingerprint density at radius 3 is 2.32 bits per heavy atom. The lowest BCUT2D eigenvalue weighted by atomic mass is 10.1. The van der Waals surface area contributed by atoms with Crippen LogP contribution in [0.25, 0.3) is 22.2 Å². The zero-order chi connectivity index (χ0) is 21.6. The molecule has 0 unspecified atom stereocenters. The lowest BCUT2D eigenvalue weighted by Crippen LogP contribution is -2.38. The summed E-state index contributed by atoms with van der Waals surface area (Å²) in [6, 6.07) is 27.4. The van der Waals surface area contributed by atoms with Gasteiger partial charge in [0.25, 0.3) is 0 Å². The van der Waals surface area contributed by atoms with Crippen LogP contribution in [0, 0.1) is 0 Å². The molecule has 0 fully saturated rings. The van der Waals surface area contributed by atoms with Crippen LogP contribution in [0.4, 0.5) is 0 Å². The molecule has 5 nitrogen and oxygen atoms in total. The zero-order valence-electron chi connectivity index (χ0n) is 17.5. The molecule has 5 heteroatoms. The van der Waals surface area contributed by atoms with Crippen LogP contribution in [0.3, 0.4) is 0 Å². The molecule has 4 rings (SSSR count). The van der Waals surface area contributed by atoms with Gasteiger partial charge in [0, 0.05) is 17.0 Å². The number of aromatic nitrogens is 2. The summed E-state index contributed by atoms with van der Waals surface area (Å²) < 4.78 is 1.45. The Hall–Kier alpha value is -3.73. The third-order valence-corrected chi connectivity index (χ3v) is 5.35. The molecule has 0 spiro atoms. The van der Waals surface area contributed by atoms with Gasteiger partial charge in [0.2, 0.25) is 5.91 Å². The van der Waals surface area contributed by atoms with Crippen molar-refractivity contribution in [1.29, 1.82) is 0 Å². The number of carbonyl (C=O) groups excluding carboxylic acids is 1. The first-order valence-corrected chi connectivity index (χ1v) is 10.5. The maximum absolute atomic E-state index is 12.8. The number of carbonyl (C=O) groups is 1. The summed E-state index contributed by atoms with van der Waals surface area (Å²) in [5.74, 6) is -0.193. The van der Waals surface area contributed by atoms with Crippen LogP contribution >= 0.6 is 0 Å². The summed E-state index contributed by atoms with van der Waals surface area (Å²) in [5.41, 5.74) is 3.03. The maximum Gasteiger partial charge on any atom is 0.349 e. The molecular formula is C26H25N3O2. The molecule has 1 atom stereocenters. The van der Waals surface area contributed by atoms with Gasteiger partial charge in [0.1, 0.15) is 6.54 Å². The third-order valence-electron chi connectivity index (χ3n) is 5.35. The fourth-order valence-corrected chi connectivity index (χ4v) is 3.76. The van der Waals surface area contributed by atoms with Crippen molar-refractivity contribution < 1.29 is 4.79 Å². The molecule has 1 amide bonds. The van der Waals surface area contributed by atoms with Gasteiger partial charge >= 0.3 is 5.69 Å². The lowest BCUT2D eigenvalue weighted by molar-refractivity contribution is -0.122. The molecule has 0 aliphatic rings. The van der Waals surface area contributed by atoms with Crippen LogP contribution in [0.2, 0.25) is 0 Å². The highest BCUT2D eigenvalue weighted by Gasteiger charge is 2.15.